The number of alkyl halides is 1. The van der Waals surface area contributed by atoms with Crippen molar-refractivity contribution < 1.29 is 23.7 Å². The first kappa shape index (κ1) is 49.0. The van der Waals surface area contributed by atoms with Crippen molar-refractivity contribution in [1.82, 2.24) is 0 Å². The Bertz CT molecular complexity index is 2080. The summed E-state index contributed by atoms with van der Waals surface area (Å²) in [5.41, 5.74) is 11.6. The topological polar surface area (TPSA) is 72.8 Å². The summed E-state index contributed by atoms with van der Waals surface area (Å²) in [5.74, 6) is -0.640. The van der Waals surface area contributed by atoms with Crippen molar-refractivity contribution in [2.45, 2.75) is 50.6 Å². The molecule has 6 atom stereocenters. The number of carbonyl (C=O) groups is 2. The predicted octanol–water partition coefficient (Wildman–Crippen LogP) is 12.5. The lowest BCUT2D eigenvalue weighted by Crippen LogP contribution is -2.26. The highest BCUT2D eigenvalue weighted by Crippen LogP contribution is 2.33. The van der Waals surface area contributed by atoms with Gasteiger partial charge < -0.3 is 14.2 Å². The number of hydrogen-bond donors (Lipinski definition) is 1. The molecule has 2 unspecified atom stereocenters. The lowest BCUT2D eigenvalue weighted by atomic mass is 9.84. The lowest BCUT2D eigenvalue weighted by Gasteiger charge is -2.24. The maximum Gasteiger partial charge on any atom is 0.311 e. The molecule has 0 bridgehead atoms. The Balaban J connectivity index is 0.000000234. The molecule has 0 aliphatic heterocycles. The summed E-state index contributed by atoms with van der Waals surface area (Å²) < 4.78 is 11.9. The SMILES string of the molecule is [B]P(C)OC(=O)[C@@H](Cc1ccccc1)[C@@H](C)Cc1ccc(-c2ccc(CI)cc2)cc1.[B]P(C)OC(=O)[C@@H](Cc1ccccc1)[C@@H](C)Cc1ccc(-c2ccc(CO)cc2)cc1. The van der Waals surface area contributed by atoms with Crippen molar-refractivity contribution in [2.24, 2.45) is 23.7 Å². The highest BCUT2D eigenvalue weighted by molar-refractivity contribution is 14.1. The highest BCUT2D eigenvalue weighted by Gasteiger charge is 2.29. The minimum Gasteiger partial charge on any atom is -0.457 e. The van der Waals surface area contributed by atoms with Gasteiger partial charge in [0.25, 0.3) is 0 Å². The fourth-order valence-corrected chi connectivity index (χ4v) is 8.82. The number of hydrogen-bond acceptors (Lipinski definition) is 5. The molecule has 0 fully saturated rings. The summed E-state index contributed by atoms with van der Waals surface area (Å²) in [5, 5.41) is 9.21. The fraction of sp³-hybridized carbons (Fsp3) is 0.269. The number of aliphatic hydroxyl groups excluding tert-OH is 1. The molecule has 0 heterocycles. The molecule has 0 aromatic heterocycles. The monoisotopic (exact) mass is 970 g/mol. The van der Waals surface area contributed by atoms with Crippen LogP contribution in [0.5, 0.6) is 0 Å². The van der Waals surface area contributed by atoms with Gasteiger partial charge >= 0.3 is 11.9 Å². The molecular formula is C52H55B2IO5P2. The highest BCUT2D eigenvalue weighted by atomic mass is 127. The average Bonchev–Trinajstić information content (AvgIpc) is 3.28. The smallest absolute Gasteiger partial charge is 0.311 e. The van der Waals surface area contributed by atoms with Gasteiger partial charge in [-0.25, -0.2) is 0 Å². The van der Waals surface area contributed by atoms with Crippen LogP contribution in [0.1, 0.15) is 47.2 Å². The van der Waals surface area contributed by atoms with Crippen LogP contribution in [0, 0.1) is 23.7 Å². The molecule has 0 aliphatic rings. The first-order valence-corrected chi connectivity index (χ1v) is 26.0. The Morgan fingerprint density at radius 1 is 0.484 bits per heavy atom. The zero-order valence-electron chi connectivity index (χ0n) is 36.1. The Labute approximate surface area is 388 Å². The molecule has 6 aromatic carbocycles. The zero-order chi connectivity index (χ0) is 44.4. The van der Waals surface area contributed by atoms with Crippen LogP contribution in [0.3, 0.4) is 0 Å². The minimum atomic E-state index is -1.23. The van der Waals surface area contributed by atoms with E-state index < -0.39 is 16.1 Å². The van der Waals surface area contributed by atoms with Crippen molar-refractivity contribution in [2.75, 3.05) is 13.3 Å². The molecular weight excluding hydrogens is 915 g/mol. The van der Waals surface area contributed by atoms with Gasteiger partial charge in [0.1, 0.15) is 0 Å². The van der Waals surface area contributed by atoms with Crippen LogP contribution in [0.25, 0.3) is 22.3 Å². The quantitative estimate of drug-likeness (QED) is 0.0402. The molecule has 316 valence electrons. The van der Waals surface area contributed by atoms with Crippen LogP contribution in [-0.2, 0) is 55.4 Å². The number of carbonyl (C=O) groups excluding carboxylic acids is 2. The second-order valence-corrected chi connectivity index (χ2v) is 19.3. The van der Waals surface area contributed by atoms with Crippen molar-refractivity contribution in [3.63, 3.8) is 0 Å². The van der Waals surface area contributed by atoms with E-state index in [-0.39, 0.29) is 42.2 Å². The van der Waals surface area contributed by atoms with E-state index in [9.17, 15) is 14.7 Å². The van der Waals surface area contributed by atoms with E-state index in [4.69, 9.17) is 24.2 Å². The van der Waals surface area contributed by atoms with Gasteiger partial charge in [0.15, 0.2) is 15.1 Å². The molecule has 6 aromatic rings. The average molecular weight is 970 g/mol. The Morgan fingerprint density at radius 3 is 1.06 bits per heavy atom. The van der Waals surface area contributed by atoms with Crippen LogP contribution in [0.4, 0.5) is 0 Å². The second-order valence-electron chi connectivity index (χ2n) is 15.9. The van der Waals surface area contributed by atoms with Gasteiger partial charge in [0.05, 0.1) is 18.4 Å². The van der Waals surface area contributed by atoms with Crippen LogP contribution < -0.4 is 0 Å². The molecule has 10 heteroatoms. The summed E-state index contributed by atoms with van der Waals surface area (Å²) in [6.07, 6.45) is 2.89. The molecule has 4 radical (unpaired) electrons. The van der Waals surface area contributed by atoms with Gasteiger partial charge in [-0.2, -0.15) is 0 Å². The van der Waals surface area contributed by atoms with Gasteiger partial charge in [-0.05, 0) is 106 Å². The van der Waals surface area contributed by atoms with Crippen molar-refractivity contribution in [3.8, 4) is 22.3 Å². The number of benzene rings is 6. The molecule has 0 aliphatic carbocycles. The molecule has 62 heavy (non-hydrogen) atoms. The summed E-state index contributed by atoms with van der Waals surface area (Å²) in [6.45, 7) is 7.77. The zero-order valence-corrected chi connectivity index (χ0v) is 40.0. The van der Waals surface area contributed by atoms with E-state index in [1.54, 1.807) is 13.3 Å². The summed E-state index contributed by atoms with van der Waals surface area (Å²) in [6, 6.07) is 53.9. The third-order valence-corrected chi connectivity index (χ3v) is 12.8. The molecule has 6 rings (SSSR count). The fourth-order valence-electron chi connectivity index (χ4n) is 7.47. The molecule has 0 amide bonds. The van der Waals surface area contributed by atoms with Gasteiger partial charge in [-0.3, -0.25) is 9.59 Å². The largest absolute Gasteiger partial charge is 0.457 e. The maximum atomic E-state index is 12.8. The molecule has 5 nitrogen and oxygen atoms in total. The first-order chi connectivity index (χ1) is 29.9. The van der Waals surface area contributed by atoms with Gasteiger partial charge in [-0.15, -0.1) is 0 Å². The maximum absolute atomic E-state index is 12.8. The van der Waals surface area contributed by atoms with Gasteiger partial charge in [0.2, 0.25) is 0 Å². The van der Waals surface area contributed by atoms with E-state index in [2.05, 4.69) is 121 Å². The third kappa shape index (κ3) is 15.6. The molecule has 0 spiro atoms. The van der Waals surface area contributed by atoms with Crippen LogP contribution >= 0.6 is 38.6 Å². The number of aliphatic hydroxyl groups is 1. The van der Waals surface area contributed by atoms with E-state index in [1.807, 2.05) is 72.8 Å². The first-order valence-electron chi connectivity index (χ1n) is 20.9. The molecule has 1 N–H and O–H groups in total. The number of halogens is 1. The van der Waals surface area contributed by atoms with Gasteiger partial charge in [0, 0.05) is 20.5 Å². The van der Waals surface area contributed by atoms with Crippen molar-refractivity contribution in [3.05, 3.63) is 191 Å². The predicted molar refractivity (Wildman–Crippen MR) is 270 cm³/mol. The summed E-state index contributed by atoms with van der Waals surface area (Å²) in [4.78, 5) is 25.6. The van der Waals surface area contributed by atoms with Crippen LogP contribution in [-0.4, -0.2) is 45.5 Å². The van der Waals surface area contributed by atoms with Crippen molar-refractivity contribution in [1.29, 1.82) is 0 Å². The van der Waals surface area contributed by atoms with Crippen molar-refractivity contribution >= 4 is 65.7 Å². The van der Waals surface area contributed by atoms with Gasteiger partial charge in [-0.1, -0.05) is 194 Å². The molecule has 0 saturated heterocycles. The normalized spacial score (nSPS) is 13.9. The van der Waals surface area contributed by atoms with E-state index in [0.717, 1.165) is 45.1 Å². The van der Waals surface area contributed by atoms with E-state index in [0.29, 0.717) is 12.8 Å². The Hall–Kier alpha value is -4.06. The second kappa shape index (κ2) is 25.3. The van der Waals surface area contributed by atoms with Crippen LogP contribution in [0.15, 0.2) is 158 Å². The number of rotatable bonds is 18. The van der Waals surface area contributed by atoms with Crippen LogP contribution in [0.2, 0.25) is 0 Å². The van der Waals surface area contributed by atoms with E-state index >= 15 is 0 Å². The Kier molecular flexibility index (Phi) is 20.0. The standard InChI is InChI=1S/C26H27BIO2P.C26H28BO3P/c2*1-19(25(26(29)30-31(2)27)17-20-6-4-3-5-7-20)16-21-8-12-23(13-9-21)24-14-10-22(18-28)11-15-24/h3-15,19,25H,16-18H2,1-2H3;3-15,19,25,28H,16-18H2,1-2H3/t2*19-,25-,31?/m00/s1. The van der Waals surface area contributed by atoms with E-state index in [1.165, 1.54) is 27.8 Å². The lowest BCUT2D eigenvalue weighted by molar-refractivity contribution is -0.140. The molecule has 0 saturated carbocycles. The third-order valence-electron chi connectivity index (χ3n) is 11.0. The summed E-state index contributed by atoms with van der Waals surface area (Å²) >= 11 is 2.38. The Morgan fingerprint density at radius 2 is 0.774 bits per heavy atom. The minimum absolute atomic E-state index is 0.0494. The summed E-state index contributed by atoms with van der Waals surface area (Å²) in [7, 11) is 9.12.